The summed E-state index contributed by atoms with van der Waals surface area (Å²) < 4.78 is 57.7. The van der Waals surface area contributed by atoms with Crippen LogP contribution in [-0.2, 0) is 14.3 Å². The van der Waals surface area contributed by atoms with Gasteiger partial charge >= 0.3 is 18.2 Å². The van der Waals surface area contributed by atoms with Crippen LogP contribution in [0, 0.1) is 0 Å². The largest absolute Gasteiger partial charge is 0.494 e. The minimum Gasteiger partial charge on any atom is -0.494 e. The number of amides is 1. The Balaban J connectivity index is 2.01. The fraction of sp³-hybridized carbons (Fsp3) is 0.636. The predicted octanol–water partition coefficient (Wildman–Crippen LogP) is 4.90. The molecule has 1 unspecified atom stereocenters. The van der Waals surface area contributed by atoms with Crippen LogP contribution < -0.4 is 4.74 Å². The van der Waals surface area contributed by atoms with Crippen molar-refractivity contribution >= 4 is 28.0 Å². The molecule has 1 fully saturated rings. The highest BCUT2D eigenvalue weighted by Crippen LogP contribution is 2.39. The fourth-order valence-corrected chi connectivity index (χ4v) is 3.67. The Bertz CT molecular complexity index is 793. The van der Waals surface area contributed by atoms with Crippen LogP contribution >= 0.6 is 15.9 Å². The van der Waals surface area contributed by atoms with Gasteiger partial charge in [-0.3, -0.25) is 9.69 Å². The van der Waals surface area contributed by atoms with Crippen molar-refractivity contribution in [1.82, 2.24) is 9.80 Å². The Morgan fingerprint density at radius 2 is 1.79 bits per heavy atom. The fourth-order valence-electron chi connectivity index (χ4n) is 3.41. The smallest absolute Gasteiger partial charge is 0.410 e. The summed E-state index contributed by atoms with van der Waals surface area (Å²) in [6.07, 6.45) is -4.50. The zero-order valence-electron chi connectivity index (χ0n) is 19.0. The van der Waals surface area contributed by atoms with Crippen LogP contribution in [0.1, 0.15) is 45.2 Å². The highest BCUT2D eigenvalue weighted by molar-refractivity contribution is 9.09. The van der Waals surface area contributed by atoms with Gasteiger partial charge in [0.2, 0.25) is 0 Å². The van der Waals surface area contributed by atoms with Crippen LogP contribution in [0.25, 0.3) is 0 Å². The minimum absolute atomic E-state index is 0.0596. The number of benzene rings is 1. The molecule has 0 N–H and O–H groups in total. The van der Waals surface area contributed by atoms with Crippen molar-refractivity contribution in [3.05, 3.63) is 29.8 Å². The molecular weight excluding hydrogens is 509 g/mol. The van der Waals surface area contributed by atoms with Gasteiger partial charge in [0.15, 0.2) is 0 Å². The van der Waals surface area contributed by atoms with Gasteiger partial charge in [0, 0.05) is 32.6 Å². The summed E-state index contributed by atoms with van der Waals surface area (Å²) in [7, 11) is 0. The van der Waals surface area contributed by atoms with Crippen molar-refractivity contribution in [3.63, 3.8) is 0 Å². The van der Waals surface area contributed by atoms with E-state index in [1.54, 1.807) is 26.8 Å². The molecule has 186 valence electrons. The Labute approximate surface area is 200 Å². The van der Waals surface area contributed by atoms with Gasteiger partial charge < -0.3 is 19.1 Å². The van der Waals surface area contributed by atoms with Crippen molar-refractivity contribution < 1.29 is 37.0 Å². The lowest BCUT2D eigenvalue weighted by Gasteiger charge is -2.40. The normalized spacial score (nSPS) is 16.3. The molecule has 0 bridgehead atoms. The molecule has 2 rings (SSSR count). The van der Waals surface area contributed by atoms with Crippen molar-refractivity contribution in [2.24, 2.45) is 0 Å². The molecule has 0 spiro atoms. The van der Waals surface area contributed by atoms with Crippen LogP contribution in [-0.4, -0.2) is 71.9 Å². The number of hydrogen-bond acceptors (Lipinski definition) is 6. The number of carbonyl (C=O) groups excluding carboxylic acids is 2. The quantitative estimate of drug-likeness (QED) is 0.266. The topological polar surface area (TPSA) is 68.3 Å². The summed E-state index contributed by atoms with van der Waals surface area (Å²) in [5.41, 5.74) is -0.499. The number of nitrogens with zero attached hydrogens (tertiary/aromatic N) is 2. The number of halogens is 4. The Morgan fingerprint density at radius 1 is 1.12 bits per heavy atom. The van der Waals surface area contributed by atoms with Gasteiger partial charge in [0.25, 0.3) is 0 Å². The Hall–Kier alpha value is -2.01. The molecule has 1 amide bonds. The van der Waals surface area contributed by atoms with Crippen LogP contribution in [0.15, 0.2) is 24.3 Å². The summed E-state index contributed by atoms with van der Waals surface area (Å²) in [5, 5.41) is 0. The molecule has 1 saturated heterocycles. The third kappa shape index (κ3) is 9.04. The van der Waals surface area contributed by atoms with Crippen LogP contribution in [0.5, 0.6) is 5.75 Å². The van der Waals surface area contributed by atoms with E-state index in [2.05, 4.69) is 15.9 Å². The zero-order chi connectivity index (χ0) is 24.6. The lowest BCUT2D eigenvalue weighted by atomic mass is 10.0. The average molecular weight is 539 g/mol. The Kier molecular flexibility index (Phi) is 9.84. The highest BCUT2D eigenvalue weighted by Gasteiger charge is 2.46. The van der Waals surface area contributed by atoms with Crippen LogP contribution in [0.3, 0.4) is 0 Å². The number of hydrogen-bond donors (Lipinski definition) is 0. The second-order valence-electron chi connectivity index (χ2n) is 8.60. The third-order valence-corrected chi connectivity index (χ3v) is 5.05. The molecule has 0 aliphatic carbocycles. The van der Waals surface area contributed by atoms with Crippen LogP contribution in [0.4, 0.5) is 18.0 Å². The summed E-state index contributed by atoms with van der Waals surface area (Å²) in [4.78, 5) is 26.3. The molecule has 0 saturated carbocycles. The molecule has 1 aromatic rings. The molecule has 1 atom stereocenters. The third-order valence-electron chi connectivity index (χ3n) is 4.82. The van der Waals surface area contributed by atoms with Gasteiger partial charge in [-0.2, -0.15) is 13.2 Å². The van der Waals surface area contributed by atoms with E-state index in [4.69, 9.17) is 14.2 Å². The van der Waals surface area contributed by atoms with Gasteiger partial charge in [0.1, 0.15) is 22.9 Å². The molecule has 11 heteroatoms. The van der Waals surface area contributed by atoms with Gasteiger partial charge in [0.05, 0.1) is 6.61 Å². The standard InChI is InChI=1S/C22H30BrF3N2O5/c1-21(2,3)33-20(30)28-11-9-27(10-12-28)19(22(24,25)26)16-6-4-7-17(14-16)31-13-5-8-18(29)32-15-23/h4,6-7,14,19H,5,8-13,15H2,1-3H3. The van der Waals surface area contributed by atoms with Crippen molar-refractivity contribution in [2.45, 2.75) is 51.4 Å². The van der Waals surface area contributed by atoms with Gasteiger partial charge in [-0.05, 0) is 60.8 Å². The number of esters is 1. The molecule has 7 nitrogen and oxygen atoms in total. The Morgan fingerprint density at radius 3 is 2.36 bits per heavy atom. The number of alkyl halides is 4. The average Bonchev–Trinajstić information content (AvgIpc) is 2.70. The lowest BCUT2D eigenvalue weighted by Crippen LogP contribution is -2.53. The first-order chi connectivity index (χ1) is 15.4. The monoisotopic (exact) mass is 538 g/mol. The van der Waals surface area contributed by atoms with Gasteiger partial charge in [-0.1, -0.05) is 12.1 Å². The van der Waals surface area contributed by atoms with Crippen molar-refractivity contribution in [2.75, 3.05) is 38.3 Å². The molecule has 1 aliphatic heterocycles. The van der Waals surface area contributed by atoms with Gasteiger partial charge in [-0.15, -0.1) is 0 Å². The van der Waals surface area contributed by atoms with E-state index in [-0.39, 0.29) is 56.3 Å². The number of rotatable bonds is 8. The number of ether oxygens (including phenoxy) is 3. The highest BCUT2D eigenvalue weighted by atomic mass is 79.9. The maximum Gasteiger partial charge on any atom is 0.410 e. The predicted molar refractivity (Wildman–Crippen MR) is 119 cm³/mol. The van der Waals surface area contributed by atoms with Gasteiger partial charge in [-0.25, -0.2) is 4.79 Å². The zero-order valence-corrected chi connectivity index (χ0v) is 20.6. The van der Waals surface area contributed by atoms with E-state index >= 15 is 0 Å². The van der Waals surface area contributed by atoms with E-state index in [1.165, 1.54) is 28.0 Å². The van der Waals surface area contributed by atoms with Crippen LogP contribution in [0.2, 0.25) is 0 Å². The first-order valence-corrected chi connectivity index (χ1v) is 11.8. The van der Waals surface area contributed by atoms with Crippen molar-refractivity contribution in [3.8, 4) is 5.75 Å². The molecule has 33 heavy (non-hydrogen) atoms. The number of piperazine rings is 1. The molecule has 0 aromatic heterocycles. The SMILES string of the molecule is CC(C)(C)OC(=O)N1CCN(C(c2cccc(OCCCC(=O)OCBr)c2)C(F)(F)F)CC1. The summed E-state index contributed by atoms with van der Waals surface area (Å²) in [5.74, 6) is -0.0881. The first-order valence-electron chi connectivity index (χ1n) is 10.6. The van der Waals surface area contributed by atoms with E-state index in [9.17, 15) is 22.8 Å². The second-order valence-corrected chi connectivity index (χ2v) is 9.06. The molecular formula is C22H30BrF3N2O5. The number of carbonyl (C=O) groups is 2. The summed E-state index contributed by atoms with van der Waals surface area (Å²) in [6, 6.07) is 4.05. The summed E-state index contributed by atoms with van der Waals surface area (Å²) in [6.45, 7) is 5.80. The van der Waals surface area contributed by atoms with E-state index in [0.717, 1.165) is 0 Å². The van der Waals surface area contributed by atoms with E-state index in [1.807, 2.05) is 0 Å². The molecule has 1 aromatic carbocycles. The van der Waals surface area contributed by atoms with E-state index < -0.39 is 23.9 Å². The lowest BCUT2D eigenvalue weighted by molar-refractivity contribution is -0.190. The van der Waals surface area contributed by atoms with E-state index in [0.29, 0.717) is 12.2 Å². The molecule has 1 heterocycles. The first kappa shape index (κ1) is 27.2. The van der Waals surface area contributed by atoms with Crippen molar-refractivity contribution in [1.29, 1.82) is 0 Å². The maximum absolute atomic E-state index is 14.0. The molecule has 0 radical (unpaired) electrons. The second kappa shape index (κ2) is 11.9. The molecule has 1 aliphatic rings. The minimum atomic E-state index is -4.51. The summed E-state index contributed by atoms with van der Waals surface area (Å²) >= 11 is 2.99. The maximum atomic E-state index is 14.0.